The highest BCUT2D eigenvalue weighted by Crippen LogP contribution is 2.32. The molecule has 1 heterocycles. The molecule has 7 heteroatoms. The van der Waals surface area contributed by atoms with Gasteiger partial charge in [0.25, 0.3) is 5.91 Å². The summed E-state index contributed by atoms with van der Waals surface area (Å²) in [5, 5.41) is 5.13. The second-order valence-electron chi connectivity index (χ2n) is 7.25. The van der Waals surface area contributed by atoms with E-state index in [0.29, 0.717) is 33.5 Å². The molecule has 0 saturated heterocycles. The average molecular weight is 419 g/mol. The summed E-state index contributed by atoms with van der Waals surface area (Å²) < 4.78 is 5.18. The number of quaternary nitrogens is 1. The van der Waals surface area contributed by atoms with Gasteiger partial charge < -0.3 is 21.1 Å². The fourth-order valence-corrected chi connectivity index (χ4v) is 4.45. The lowest BCUT2D eigenvalue weighted by Crippen LogP contribution is -2.85. The van der Waals surface area contributed by atoms with Crippen LogP contribution in [0.4, 0.5) is 5.00 Å². The van der Waals surface area contributed by atoms with Gasteiger partial charge >= 0.3 is 5.97 Å². The van der Waals surface area contributed by atoms with E-state index in [0.717, 1.165) is 17.8 Å². The number of benzene rings is 1. The van der Waals surface area contributed by atoms with Gasteiger partial charge in [-0.15, -0.1) is 11.3 Å². The van der Waals surface area contributed by atoms with E-state index in [1.165, 1.54) is 11.1 Å². The van der Waals surface area contributed by atoms with Crippen molar-refractivity contribution >= 4 is 28.2 Å². The number of carbonyl (C=O) groups is 2. The maximum absolute atomic E-state index is 12.5. The highest BCUT2D eigenvalue weighted by Gasteiger charge is 2.29. The SMILES string of the molecule is CCOC(=O)c1c(N)sc(C(=O)NC)c1C[NH2+][C@H](c1ccc(CC)cc1)C(C)C. The Kier molecular flexibility index (Phi) is 8.22. The van der Waals surface area contributed by atoms with E-state index in [4.69, 9.17) is 10.5 Å². The molecule has 0 radical (unpaired) electrons. The van der Waals surface area contributed by atoms with Gasteiger partial charge in [-0.2, -0.15) is 0 Å². The van der Waals surface area contributed by atoms with Crippen molar-refractivity contribution in [3.8, 4) is 0 Å². The van der Waals surface area contributed by atoms with Gasteiger partial charge in [-0.05, 0) is 18.9 Å². The average Bonchev–Trinajstić information content (AvgIpc) is 3.04. The summed E-state index contributed by atoms with van der Waals surface area (Å²) in [5.41, 5.74) is 9.58. The normalized spacial score (nSPS) is 12.1. The molecule has 29 heavy (non-hydrogen) atoms. The quantitative estimate of drug-likeness (QED) is 0.545. The smallest absolute Gasteiger partial charge is 0.341 e. The molecule has 1 aromatic carbocycles. The summed E-state index contributed by atoms with van der Waals surface area (Å²) in [6.45, 7) is 8.94. The van der Waals surface area contributed by atoms with Gasteiger partial charge in [0.15, 0.2) is 0 Å². The van der Waals surface area contributed by atoms with Crippen molar-refractivity contribution in [2.24, 2.45) is 5.92 Å². The third-order valence-corrected chi connectivity index (χ3v) is 6.07. The maximum atomic E-state index is 12.5. The van der Waals surface area contributed by atoms with E-state index >= 15 is 0 Å². The second-order valence-corrected chi connectivity index (χ2v) is 8.31. The number of thiophene rings is 1. The first-order chi connectivity index (χ1) is 13.8. The largest absolute Gasteiger partial charge is 0.462 e. The molecule has 0 aliphatic carbocycles. The number of aryl methyl sites for hydroxylation is 1. The number of nitrogens with two attached hydrogens (primary N) is 2. The van der Waals surface area contributed by atoms with E-state index in [9.17, 15) is 9.59 Å². The fraction of sp³-hybridized carbons (Fsp3) is 0.455. The Bertz CT molecular complexity index is 844. The van der Waals surface area contributed by atoms with Gasteiger partial charge in [0.1, 0.15) is 28.0 Å². The summed E-state index contributed by atoms with van der Waals surface area (Å²) >= 11 is 1.13. The molecule has 0 unspecified atom stereocenters. The third-order valence-electron chi connectivity index (χ3n) is 5.01. The monoisotopic (exact) mass is 418 g/mol. The van der Waals surface area contributed by atoms with Crippen LogP contribution >= 0.6 is 11.3 Å². The first-order valence-corrected chi connectivity index (χ1v) is 10.9. The summed E-state index contributed by atoms with van der Waals surface area (Å²) in [5.74, 6) is -0.352. The zero-order valence-electron chi connectivity index (χ0n) is 17.9. The molecular formula is C22H32N3O3S+. The van der Waals surface area contributed by atoms with Crippen LogP contribution < -0.4 is 16.4 Å². The van der Waals surface area contributed by atoms with Crippen LogP contribution in [0.15, 0.2) is 24.3 Å². The standard InChI is InChI=1S/C22H31N3O3S/c1-6-14-8-10-15(11-9-14)18(13(3)4)25-12-16-17(22(27)28-7-2)20(23)29-19(16)21(26)24-5/h8-11,13,18,25H,6-7,12,23H2,1-5H3,(H,24,26)/p+1/t18-/m0/s1. The van der Waals surface area contributed by atoms with E-state index in [2.05, 4.69) is 55.7 Å². The van der Waals surface area contributed by atoms with Crippen LogP contribution in [0, 0.1) is 5.92 Å². The number of anilines is 1. The van der Waals surface area contributed by atoms with Crippen LogP contribution in [-0.2, 0) is 17.7 Å². The predicted octanol–water partition coefficient (Wildman–Crippen LogP) is 2.89. The van der Waals surface area contributed by atoms with Crippen molar-refractivity contribution in [2.75, 3.05) is 19.4 Å². The molecule has 1 aromatic heterocycles. The highest BCUT2D eigenvalue weighted by atomic mass is 32.1. The van der Waals surface area contributed by atoms with E-state index < -0.39 is 5.97 Å². The Morgan fingerprint density at radius 3 is 2.38 bits per heavy atom. The molecule has 0 fully saturated rings. The first-order valence-electron chi connectivity index (χ1n) is 10.1. The molecule has 0 aliphatic rings. The minimum atomic E-state index is -0.479. The van der Waals surface area contributed by atoms with Crippen LogP contribution in [0.1, 0.15) is 70.5 Å². The van der Waals surface area contributed by atoms with Crippen molar-refractivity contribution in [3.05, 3.63) is 51.4 Å². The minimum absolute atomic E-state index is 0.189. The Morgan fingerprint density at radius 2 is 1.86 bits per heavy atom. The van der Waals surface area contributed by atoms with Crippen LogP contribution in [0.3, 0.4) is 0 Å². The van der Waals surface area contributed by atoms with Crippen LogP contribution in [0.5, 0.6) is 0 Å². The molecule has 0 aliphatic heterocycles. The Morgan fingerprint density at radius 1 is 1.21 bits per heavy atom. The van der Waals surface area contributed by atoms with Gasteiger partial charge in [0.2, 0.25) is 0 Å². The zero-order chi connectivity index (χ0) is 21.6. The number of nitrogens with one attached hydrogen (secondary N) is 1. The number of amides is 1. The Labute approximate surface area is 176 Å². The van der Waals surface area contributed by atoms with Crippen molar-refractivity contribution in [1.29, 1.82) is 0 Å². The number of hydrogen-bond acceptors (Lipinski definition) is 5. The minimum Gasteiger partial charge on any atom is -0.462 e. The maximum Gasteiger partial charge on any atom is 0.341 e. The number of nitrogen functional groups attached to an aromatic ring is 1. The van der Waals surface area contributed by atoms with Gasteiger partial charge in [0, 0.05) is 24.1 Å². The van der Waals surface area contributed by atoms with Gasteiger partial charge in [0.05, 0.1) is 6.61 Å². The van der Waals surface area contributed by atoms with Crippen LogP contribution in [-0.4, -0.2) is 25.5 Å². The van der Waals surface area contributed by atoms with E-state index in [1.54, 1.807) is 14.0 Å². The van der Waals surface area contributed by atoms with E-state index in [1.807, 2.05) is 0 Å². The molecule has 6 nitrogen and oxygen atoms in total. The summed E-state index contributed by atoms with van der Waals surface area (Å²) in [7, 11) is 1.57. The van der Waals surface area contributed by atoms with Crippen molar-refractivity contribution < 1.29 is 19.6 Å². The number of esters is 1. The van der Waals surface area contributed by atoms with Gasteiger partial charge in [-0.3, -0.25) is 4.79 Å². The lowest BCUT2D eigenvalue weighted by atomic mass is 9.94. The fourth-order valence-electron chi connectivity index (χ4n) is 3.42. The van der Waals surface area contributed by atoms with Crippen LogP contribution in [0.25, 0.3) is 0 Å². The van der Waals surface area contributed by atoms with Gasteiger partial charge in [-0.25, -0.2) is 4.79 Å². The first kappa shape index (κ1) is 22.9. The van der Waals surface area contributed by atoms with Crippen molar-refractivity contribution in [3.63, 3.8) is 0 Å². The topological polar surface area (TPSA) is 98.0 Å². The lowest BCUT2D eigenvalue weighted by Gasteiger charge is -2.20. The molecule has 0 saturated carbocycles. The third kappa shape index (κ3) is 5.36. The molecular weight excluding hydrogens is 386 g/mol. The number of hydrogen-bond donors (Lipinski definition) is 3. The number of ether oxygens (including phenoxy) is 1. The van der Waals surface area contributed by atoms with Crippen molar-refractivity contribution in [2.45, 2.75) is 46.7 Å². The Balaban J connectivity index is 2.36. The number of carbonyl (C=O) groups excluding carboxylic acids is 2. The zero-order valence-corrected chi connectivity index (χ0v) is 18.7. The van der Waals surface area contributed by atoms with Crippen molar-refractivity contribution in [1.82, 2.24) is 5.32 Å². The molecule has 2 aromatic rings. The lowest BCUT2D eigenvalue weighted by molar-refractivity contribution is -0.717. The molecule has 158 valence electrons. The van der Waals surface area contributed by atoms with Crippen LogP contribution in [0.2, 0.25) is 0 Å². The Hall–Kier alpha value is -2.38. The molecule has 1 atom stereocenters. The highest BCUT2D eigenvalue weighted by molar-refractivity contribution is 7.18. The predicted molar refractivity (Wildman–Crippen MR) is 117 cm³/mol. The molecule has 0 spiro atoms. The molecule has 5 N–H and O–H groups in total. The summed E-state index contributed by atoms with van der Waals surface area (Å²) in [4.78, 5) is 25.3. The second kappa shape index (κ2) is 10.4. The molecule has 2 rings (SSSR count). The summed E-state index contributed by atoms with van der Waals surface area (Å²) in [6.07, 6.45) is 1.00. The molecule has 0 bridgehead atoms. The molecule has 1 amide bonds. The van der Waals surface area contributed by atoms with E-state index in [-0.39, 0.29) is 18.6 Å². The van der Waals surface area contributed by atoms with Gasteiger partial charge in [-0.1, -0.05) is 45.0 Å². The number of rotatable bonds is 9. The summed E-state index contributed by atoms with van der Waals surface area (Å²) in [6, 6.07) is 8.82.